The summed E-state index contributed by atoms with van der Waals surface area (Å²) in [6.45, 7) is 0. The van der Waals surface area contributed by atoms with E-state index in [-0.39, 0.29) is 0 Å². The highest BCUT2D eigenvalue weighted by Crippen LogP contribution is 2.35. The highest BCUT2D eigenvalue weighted by atomic mass is 32.2. The molecule has 26 heavy (non-hydrogen) atoms. The fraction of sp³-hybridized carbons (Fsp3) is 0.333. The summed E-state index contributed by atoms with van der Waals surface area (Å²) in [5.41, 5.74) is 8.08. The minimum atomic E-state index is -2.26. The molecule has 2 N–H and O–H groups in total. The maximum atomic E-state index is 14.8. The predicted octanol–water partition coefficient (Wildman–Crippen LogP) is 3.64. The number of anilines is 1. The first-order valence-electron chi connectivity index (χ1n) is 8.55. The summed E-state index contributed by atoms with van der Waals surface area (Å²) in [5, 5.41) is 0.622. The number of fused-ring (bicyclic) bond motifs is 1. The predicted molar refractivity (Wildman–Crippen MR) is 102 cm³/mol. The fourth-order valence-corrected chi connectivity index (χ4v) is 5.63. The van der Waals surface area contributed by atoms with Crippen LogP contribution in [0.1, 0.15) is 19.3 Å². The normalized spacial score (nSPS) is 16.7. The van der Waals surface area contributed by atoms with Gasteiger partial charge in [0.2, 0.25) is 0 Å². The molecule has 0 unspecified atom stereocenters. The zero-order chi connectivity index (χ0) is 18.3. The summed E-state index contributed by atoms with van der Waals surface area (Å²) >= 11 is 0. The van der Waals surface area contributed by atoms with E-state index in [1.807, 2.05) is 7.05 Å². The molecule has 0 saturated carbocycles. The van der Waals surface area contributed by atoms with Gasteiger partial charge in [-0.05, 0) is 25.0 Å². The van der Waals surface area contributed by atoms with Crippen molar-refractivity contribution in [1.82, 2.24) is 14.5 Å². The minimum absolute atomic E-state index is 0.309. The zero-order valence-electron chi connectivity index (χ0n) is 14.5. The molecule has 0 bridgehead atoms. The van der Waals surface area contributed by atoms with Crippen molar-refractivity contribution < 1.29 is 8.60 Å². The first kappa shape index (κ1) is 17.0. The lowest BCUT2D eigenvalue weighted by atomic mass is 10.1. The van der Waals surface area contributed by atoms with Crippen molar-refractivity contribution in [2.75, 3.05) is 17.2 Å². The topological polar surface area (TPSA) is 86.2 Å². The van der Waals surface area contributed by atoms with Crippen LogP contribution in [-0.2, 0) is 16.8 Å². The van der Waals surface area contributed by atoms with E-state index in [4.69, 9.17) is 5.73 Å². The molecular formula is C18H20FN5OS. The Kier molecular flexibility index (Phi) is 4.14. The summed E-state index contributed by atoms with van der Waals surface area (Å²) in [6.07, 6.45) is 6.09. The number of rotatable bonds is 2. The van der Waals surface area contributed by atoms with E-state index in [2.05, 4.69) is 14.3 Å². The summed E-state index contributed by atoms with van der Waals surface area (Å²) in [4.78, 5) is 8.23. The van der Waals surface area contributed by atoms with E-state index in [0.29, 0.717) is 45.2 Å². The van der Waals surface area contributed by atoms with Crippen LogP contribution in [0.2, 0.25) is 0 Å². The van der Waals surface area contributed by atoms with Gasteiger partial charge in [0.15, 0.2) is 0 Å². The number of aromatic nitrogens is 3. The number of hydrogen-bond acceptors (Lipinski definition) is 5. The largest absolute Gasteiger partial charge is 0.383 e. The molecule has 1 saturated heterocycles. The van der Waals surface area contributed by atoms with Gasteiger partial charge in [0.25, 0.3) is 0 Å². The second-order valence-electron chi connectivity index (χ2n) is 6.61. The number of benzene rings is 1. The molecule has 0 radical (unpaired) electrons. The van der Waals surface area contributed by atoms with E-state index < -0.39 is 15.5 Å². The Labute approximate surface area is 151 Å². The number of aryl methyl sites for hydroxylation is 1. The van der Waals surface area contributed by atoms with Gasteiger partial charge >= 0.3 is 0 Å². The van der Waals surface area contributed by atoms with Crippen molar-refractivity contribution in [3.63, 3.8) is 0 Å². The fourth-order valence-electron chi connectivity index (χ4n) is 3.44. The highest BCUT2D eigenvalue weighted by Gasteiger charge is 2.18. The van der Waals surface area contributed by atoms with Crippen LogP contribution in [-0.4, -0.2) is 30.2 Å². The molecule has 8 heteroatoms. The molecule has 6 nitrogen and oxygen atoms in total. The van der Waals surface area contributed by atoms with Gasteiger partial charge in [-0.15, -0.1) is 0 Å². The maximum absolute atomic E-state index is 14.8. The molecule has 0 spiro atoms. The molecule has 4 rings (SSSR count). The van der Waals surface area contributed by atoms with Crippen molar-refractivity contribution in [3.05, 3.63) is 36.5 Å². The third-order valence-corrected chi connectivity index (χ3v) is 7.12. The Balaban J connectivity index is 1.81. The second-order valence-corrected chi connectivity index (χ2v) is 9.15. The second kappa shape index (κ2) is 6.35. The summed E-state index contributed by atoms with van der Waals surface area (Å²) in [7, 11) is -0.434. The average Bonchev–Trinajstić information content (AvgIpc) is 2.93. The molecule has 3 aromatic rings. The van der Waals surface area contributed by atoms with E-state index >= 15 is 0 Å². The van der Waals surface area contributed by atoms with Gasteiger partial charge in [-0.25, -0.2) is 18.6 Å². The van der Waals surface area contributed by atoms with Gasteiger partial charge in [0, 0.05) is 41.9 Å². The third kappa shape index (κ3) is 2.94. The smallest absolute Gasteiger partial charge is 0.145 e. The van der Waals surface area contributed by atoms with Crippen molar-refractivity contribution in [2.45, 2.75) is 19.3 Å². The number of nitrogens with two attached hydrogens (primary N) is 1. The minimum Gasteiger partial charge on any atom is -0.383 e. The first-order chi connectivity index (χ1) is 12.5. The lowest BCUT2D eigenvalue weighted by Crippen LogP contribution is -2.15. The van der Waals surface area contributed by atoms with Gasteiger partial charge in [-0.1, -0.05) is 6.42 Å². The van der Waals surface area contributed by atoms with Crippen LogP contribution in [0.5, 0.6) is 0 Å². The van der Waals surface area contributed by atoms with E-state index in [0.717, 1.165) is 19.3 Å². The lowest BCUT2D eigenvalue weighted by Gasteiger charge is -2.15. The van der Waals surface area contributed by atoms with E-state index in [9.17, 15) is 8.60 Å². The highest BCUT2D eigenvalue weighted by molar-refractivity contribution is 7.93. The molecule has 3 heterocycles. The zero-order valence-corrected chi connectivity index (χ0v) is 15.3. The standard InChI is InChI=1S/C18H20FN5OS/c1-24-10-14(16-17(20)21-11-22-18(16)24)13-6-5-12(9-15(13)19)23-26(25)7-3-2-4-8-26/h5-6,9-11H,2-4,7-8H2,1H3,(H2,20,21,22). The first-order valence-corrected chi connectivity index (χ1v) is 10.4. The quantitative estimate of drug-likeness (QED) is 0.743. The van der Waals surface area contributed by atoms with Gasteiger partial charge in [-0.3, -0.25) is 0 Å². The monoisotopic (exact) mass is 373 g/mol. The Morgan fingerprint density at radius 2 is 1.96 bits per heavy atom. The molecule has 0 atom stereocenters. The Hall–Kier alpha value is -2.48. The van der Waals surface area contributed by atoms with Crippen LogP contribution in [0, 0.1) is 5.82 Å². The summed E-state index contributed by atoms with van der Waals surface area (Å²) < 4.78 is 33.7. The summed E-state index contributed by atoms with van der Waals surface area (Å²) in [6, 6.07) is 4.70. The van der Waals surface area contributed by atoms with Crippen LogP contribution >= 0.6 is 0 Å². The van der Waals surface area contributed by atoms with Crippen molar-refractivity contribution in [1.29, 1.82) is 0 Å². The molecule has 1 aliphatic heterocycles. The molecule has 0 aliphatic carbocycles. The molecule has 136 valence electrons. The number of halogens is 1. The van der Waals surface area contributed by atoms with Crippen LogP contribution in [0.3, 0.4) is 0 Å². The van der Waals surface area contributed by atoms with Crippen LogP contribution < -0.4 is 5.73 Å². The molecule has 1 aliphatic rings. The SMILES string of the molecule is Cn1cc(-c2ccc(N=S3(=O)CCCCC3)cc2F)c2c(N)ncnc21. The van der Waals surface area contributed by atoms with Crippen LogP contribution in [0.4, 0.5) is 15.9 Å². The molecule has 0 amide bonds. The molecule has 1 fully saturated rings. The van der Waals surface area contributed by atoms with Gasteiger partial charge < -0.3 is 10.3 Å². The number of hydrogen-bond donors (Lipinski definition) is 1. The number of nitrogens with zero attached hydrogens (tertiary/aromatic N) is 4. The van der Waals surface area contributed by atoms with E-state index in [1.54, 1.807) is 22.9 Å². The maximum Gasteiger partial charge on any atom is 0.145 e. The molecule has 2 aromatic heterocycles. The van der Waals surface area contributed by atoms with Crippen molar-refractivity contribution in [2.24, 2.45) is 11.4 Å². The Bertz CT molecular complexity index is 1100. The lowest BCUT2D eigenvalue weighted by molar-refractivity contribution is 0.631. The molecular weight excluding hydrogens is 353 g/mol. The number of nitrogen functional groups attached to an aromatic ring is 1. The van der Waals surface area contributed by atoms with Crippen molar-refractivity contribution >= 4 is 32.3 Å². The van der Waals surface area contributed by atoms with Crippen LogP contribution in [0.15, 0.2) is 35.1 Å². The Morgan fingerprint density at radius 1 is 1.19 bits per heavy atom. The summed E-state index contributed by atoms with van der Waals surface area (Å²) in [5.74, 6) is 1.06. The Morgan fingerprint density at radius 3 is 2.69 bits per heavy atom. The van der Waals surface area contributed by atoms with Crippen molar-refractivity contribution in [3.8, 4) is 11.1 Å². The average molecular weight is 373 g/mol. The van der Waals surface area contributed by atoms with Gasteiger partial charge in [0.1, 0.15) is 23.6 Å². The van der Waals surface area contributed by atoms with Crippen LogP contribution in [0.25, 0.3) is 22.2 Å². The van der Waals surface area contributed by atoms with E-state index in [1.165, 1.54) is 12.4 Å². The van der Waals surface area contributed by atoms with Gasteiger partial charge in [-0.2, -0.15) is 4.36 Å². The third-order valence-electron chi connectivity index (χ3n) is 4.72. The molecule has 1 aromatic carbocycles. The van der Waals surface area contributed by atoms with Gasteiger partial charge in [0.05, 0.1) is 20.8 Å².